The topological polar surface area (TPSA) is 154 Å². The maximum absolute atomic E-state index is 14.3. The monoisotopic (exact) mass is 914 g/mol. The fourth-order valence-corrected chi connectivity index (χ4v) is 16.2. The number of rotatable bonds is 13. The van der Waals surface area contributed by atoms with Gasteiger partial charge in [0.15, 0.2) is 5.78 Å². The zero-order valence-electron chi connectivity index (χ0n) is 42.2. The molecule has 0 aromatic heterocycles. The molecule has 7 aliphatic rings. The summed E-state index contributed by atoms with van der Waals surface area (Å²) in [4.78, 5) is 55.7. The van der Waals surface area contributed by atoms with Crippen molar-refractivity contribution in [2.45, 2.75) is 165 Å². The number of carbonyl (C=O) groups excluding carboxylic acids is 3. The molecule has 11 nitrogen and oxygen atoms in total. The highest BCUT2D eigenvalue weighted by Gasteiger charge is 2.71. The minimum Gasteiger partial charge on any atom is -0.481 e. The number of esters is 1. The molecular formula is C55H83N3O8. The van der Waals surface area contributed by atoms with E-state index in [-0.39, 0.29) is 57.3 Å². The number of morpholine rings is 1. The molecule has 66 heavy (non-hydrogen) atoms. The minimum atomic E-state index is -0.837. The molecule has 1 aromatic carbocycles. The van der Waals surface area contributed by atoms with Gasteiger partial charge in [-0.3, -0.25) is 24.1 Å². The highest BCUT2D eigenvalue weighted by molar-refractivity contribution is 6.01. The lowest BCUT2D eigenvalue weighted by Gasteiger charge is -2.72. The number of hydrogen-bond acceptors (Lipinski definition) is 9. The van der Waals surface area contributed by atoms with Crippen LogP contribution in [0.4, 0.5) is 0 Å². The molecule has 0 bridgehead atoms. The predicted octanol–water partition coefficient (Wildman–Crippen LogP) is 8.62. The number of carboxylic acid groups (broad SMARTS) is 1. The lowest BCUT2D eigenvalue weighted by Crippen LogP contribution is -2.66. The molecule has 1 amide bonds. The summed E-state index contributed by atoms with van der Waals surface area (Å²) in [6.45, 7) is 29.3. The van der Waals surface area contributed by atoms with Crippen molar-refractivity contribution in [3.63, 3.8) is 0 Å². The fraction of sp³-hybridized carbons (Fsp3) is 0.782. The van der Waals surface area contributed by atoms with Crippen molar-refractivity contribution in [3.8, 4) is 0 Å². The fourth-order valence-electron chi connectivity index (χ4n) is 16.2. The smallest absolute Gasteiger partial charge is 0.309 e. The van der Waals surface area contributed by atoms with Crippen LogP contribution in [0.3, 0.4) is 0 Å². The van der Waals surface area contributed by atoms with Crippen LogP contribution in [0.1, 0.15) is 156 Å². The Labute approximate surface area is 395 Å². The highest BCUT2D eigenvalue weighted by atomic mass is 16.5. The number of benzene rings is 1. The van der Waals surface area contributed by atoms with Crippen LogP contribution in [0.2, 0.25) is 0 Å². The van der Waals surface area contributed by atoms with E-state index in [1.54, 1.807) is 0 Å². The van der Waals surface area contributed by atoms with Crippen molar-refractivity contribution in [3.05, 3.63) is 46.5 Å². The van der Waals surface area contributed by atoms with Crippen LogP contribution in [0.15, 0.2) is 35.4 Å². The van der Waals surface area contributed by atoms with Crippen molar-refractivity contribution in [2.75, 3.05) is 39.4 Å². The predicted molar refractivity (Wildman–Crippen MR) is 255 cm³/mol. The number of ether oxygens (including phenoxy) is 2. The van der Waals surface area contributed by atoms with Crippen molar-refractivity contribution in [1.29, 1.82) is 0 Å². The van der Waals surface area contributed by atoms with Crippen LogP contribution in [0, 0.1) is 68.0 Å². The number of hydrogen-bond donors (Lipinski definition) is 4. The average molecular weight is 914 g/mol. The normalized spacial score (nSPS) is 37.7. The van der Waals surface area contributed by atoms with E-state index in [9.17, 15) is 29.4 Å². The highest BCUT2D eigenvalue weighted by Crippen LogP contribution is 2.77. The van der Waals surface area contributed by atoms with E-state index >= 15 is 0 Å². The zero-order valence-corrected chi connectivity index (χ0v) is 42.2. The first-order valence-electron chi connectivity index (χ1n) is 25.6. The van der Waals surface area contributed by atoms with Crippen LogP contribution >= 0.6 is 0 Å². The van der Waals surface area contributed by atoms with Gasteiger partial charge in [0.25, 0.3) is 5.91 Å². The van der Waals surface area contributed by atoms with Crippen LogP contribution in [-0.4, -0.2) is 95.9 Å². The van der Waals surface area contributed by atoms with E-state index in [4.69, 9.17) is 9.47 Å². The number of carboxylic acids is 1. The molecule has 0 radical (unpaired) electrons. The summed E-state index contributed by atoms with van der Waals surface area (Å²) in [5.74, 6) is -0.816. The number of aliphatic hydroxyl groups excluding tert-OH is 1. The number of fused-ring (bicyclic) bond motifs is 7. The average Bonchev–Trinajstić information content (AvgIpc) is 3.55. The number of aliphatic hydroxyl groups is 1. The summed E-state index contributed by atoms with van der Waals surface area (Å²) >= 11 is 0. The first-order valence-corrected chi connectivity index (χ1v) is 25.6. The molecule has 4 N–H and O–H groups in total. The van der Waals surface area contributed by atoms with Crippen molar-refractivity contribution < 1.29 is 38.9 Å². The Balaban J connectivity index is 0.944. The summed E-state index contributed by atoms with van der Waals surface area (Å²) in [6.07, 6.45) is 7.42. The van der Waals surface area contributed by atoms with E-state index in [1.165, 1.54) is 11.1 Å². The molecule has 6 aliphatic carbocycles. The van der Waals surface area contributed by atoms with Crippen LogP contribution in [-0.2, 0) is 30.4 Å². The maximum atomic E-state index is 14.3. The molecule has 1 aliphatic heterocycles. The van der Waals surface area contributed by atoms with E-state index in [0.717, 1.165) is 89.8 Å². The van der Waals surface area contributed by atoms with Gasteiger partial charge in [-0.05, 0) is 140 Å². The van der Waals surface area contributed by atoms with Crippen LogP contribution in [0.5, 0.6) is 0 Å². The van der Waals surface area contributed by atoms with Gasteiger partial charge in [-0.25, -0.2) is 0 Å². The van der Waals surface area contributed by atoms with Crippen LogP contribution in [0.25, 0.3) is 0 Å². The third-order valence-electron chi connectivity index (χ3n) is 20.3. The lowest BCUT2D eigenvalue weighted by molar-refractivity contribution is -0.238. The molecule has 1 aromatic rings. The molecule has 6 fully saturated rings. The van der Waals surface area contributed by atoms with E-state index in [0.29, 0.717) is 43.3 Å². The molecular weight excluding hydrogens is 831 g/mol. The van der Waals surface area contributed by atoms with Gasteiger partial charge in [0.2, 0.25) is 0 Å². The Morgan fingerprint density at radius 2 is 1.55 bits per heavy atom. The number of allylic oxidation sites excluding steroid dienone is 1. The molecule has 5 saturated carbocycles. The van der Waals surface area contributed by atoms with Gasteiger partial charge in [0.1, 0.15) is 6.10 Å². The van der Waals surface area contributed by atoms with Gasteiger partial charge in [-0.2, -0.15) is 0 Å². The first-order chi connectivity index (χ1) is 30.8. The molecule has 0 unspecified atom stereocenters. The van der Waals surface area contributed by atoms with E-state index < -0.39 is 40.3 Å². The van der Waals surface area contributed by atoms with E-state index in [1.807, 2.05) is 52.0 Å². The van der Waals surface area contributed by atoms with Gasteiger partial charge in [0.05, 0.1) is 31.2 Å². The summed E-state index contributed by atoms with van der Waals surface area (Å²) < 4.78 is 11.9. The Morgan fingerprint density at radius 1 is 0.864 bits per heavy atom. The van der Waals surface area contributed by atoms with E-state index in [2.05, 4.69) is 64.0 Å². The Hall–Kier alpha value is -3.12. The number of carbonyl (C=O) groups is 4. The zero-order chi connectivity index (χ0) is 48.0. The van der Waals surface area contributed by atoms with Crippen molar-refractivity contribution in [2.24, 2.45) is 68.0 Å². The number of nitrogens with one attached hydrogen (secondary N) is 2. The third kappa shape index (κ3) is 8.03. The van der Waals surface area contributed by atoms with Gasteiger partial charge in [0, 0.05) is 61.1 Å². The third-order valence-corrected chi connectivity index (χ3v) is 20.3. The lowest BCUT2D eigenvalue weighted by atomic mass is 9.33. The second-order valence-corrected chi connectivity index (χ2v) is 25.2. The number of ketones is 1. The Bertz CT molecular complexity index is 2090. The summed E-state index contributed by atoms with van der Waals surface area (Å²) in [7, 11) is 0. The standard InChI is InChI=1S/C55H83N3O8/c1-33(2)44-39(59)29-55(42(60)30-56-32-49(3,4)57-46(61)35-14-12-34(13-15-35)31-58-24-26-65-27-25-58)23-22-53(10)36(45(44)55)16-17-41-52(9)20-19-43(51(7,8)40(52)18-21-54(41,53)11)66-48(64)38-28-37(47(62)63)50(38,5)6/h12-15,33,36-38,40-43,56,60H,16-32H2,1-11H3,(H,57,61)(H,62,63)/t36-,37+,38-,40+,41-,42+,43+,52+,53-,54-,55+/m1/s1. The van der Waals surface area contributed by atoms with Crippen molar-refractivity contribution in [1.82, 2.24) is 15.5 Å². The van der Waals surface area contributed by atoms with Gasteiger partial charge in [-0.15, -0.1) is 0 Å². The molecule has 366 valence electrons. The summed E-state index contributed by atoms with van der Waals surface area (Å²) in [5.41, 5.74) is 1.95. The van der Waals surface area contributed by atoms with Crippen molar-refractivity contribution >= 4 is 23.6 Å². The largest absolute Gasteiger partial charge is 0.481 e. The summed E-state index contributed by atoms with van der Waals surface area (Å²) in [6, 6.07) is 7.86. The summed E-state index contributed by atoms with van der Waals surface area (Å²) in [5, 5.41) is 28.9. The number of Topliss-reactive ketones (excluding diaryl/α,β-unsaturated/α-hetero) is 1. The molecule has 1 heterocycles. The maximum Gasteiger partial charge on any atom is 0.309 e. The number of amides is 1. The Kier molecular flexibility index (Phi) is 13.0. The molecule has 8 rings (SSSR count). The molecule has 0 spiro atoms. The Morgan fingerprint density at radius 3 is 2.18 bits per heavy atom. The second-order valence-electron chi connectivity index (χ2n) is 25.2. The number of aliphatic carboxylic acids is 1. The van der Waals surface area contributed by atoms with Crippen LogP contribution < -0.4 is 10.6 Å². The minimum absolute atomic E-state index is 0.0178. The number of nitrogens with zero attached hydrogens (tertiary/aromatic N) is 1. The quantitative estimate of drug-likeness (QED) is 0.142. The second kappa shape index (κ2) is 17.4. The molecule has 11 heteroatoms. The SMILES string of the molecule is CC(C)C1=C2[C@H]3CC[C@@H]4[C@@]5(C)CC[C@H](OC(=O)[C@H]6C[C@@H](C(=O)O)C6(C)C)C(C)(C)[C@@H]5CC[C@@]4(C)[C@]3(C)CC[C@@]2([C@@H](O)CNCC(C)(C)NC(=O)c2ccc(CN3CCOCC3)cc2)CC1=O. The van der Waals surface area contributed by atoms with Gasteiger partial charge in [-0.1, -0.05) is 80.0 Å². The molecule has 1 saturated heterocycles. The molecule has 11 atom stereocenters. The van der Waals surface area contributed by atoms with Gasteiger partial charge < -0.3 is 30.3 Å². The van der Waals surface area contributed by atoms with Gasteiger partial charge >= 0.3 is 11.9 Å². The first kappa shape index (κ1) is 49.3.